The Balaban J connectivity index is 2.44. The Labute approximate surface area is 141 Å². The molecule has 0 saturated heterocycles. The maximum absolute atomic E-state index is 12.4. The zero-order valence-electron chi connectivity index (χ0n) is 12.7. The second-order valence-corrected chi connectivity index (χ2v) is 6.41. The summed E-state index contributed by atoms with van der Waals surface area (Å²) in [6.45, 7) is 1.60. The van der Waals surface area contributed by atoms with Gasteiger partial charge < -0.3 is 9.29 Å². The molecule has 0 aliphatic carbocycles. The molecule has 134 valence electrons. The van der Waals surface area contributed by atoms with Crippen LogP contribution in [-0.4, -0.2) is 30.0 Å². The summed E-state index contributed by atoms with van der Waals surface area (Å²) in [5.74, 6) is -1.67. The molecule has 2 rings (SSSR count). The fourth-order valence-electron chi connectivity index (χ4n) is 1.98. The van der Waals surface area contributed by atoms with E-state index in [2.05, 4.69) is 9.17 Å². The van der Waals surface area contributed by atoms with E-state index in [1.165, 1.54) is 30.3 Å². The molecule has 1 N–H and O–H groups in total. The lowest BCUT2D eigenvalue weighted by molar-refractivity contribution is -0.0500. The van der Waals surface area contributed by atoms with Crippen LogP contribution < -0.4 is 4.18 Å². The number of nitrogens with zero attached hydrogens (tertiary/aromatic N) is 1. The van der Waals surface area contributed by atoms with Crippen LogP contribution in [0.4, 0.5) is 13.2 Å². The highest BCUT2D eigenvalue weighted by molar-refractivity contribution is 7.88. The highest BCUT2D eigenvalue weighted by Gasteiger charge is 2.48. The Bertz CT molecular complexity index is 910. The number of halogens is 3. The Kier molecular flexibility index (Phi) is 5.02. The number of benzene rings is 1. The predicted octanol–water partition coefficient (Wildman–Crippen LogP) is 3.24. The Hall–Kier alpha value is -2.62. The van der Waals surface area contributed by atoms with Gasteiger partial charge in [0.1, 0.15) is 11.4 Å². The number of rotatable bonds is 5. The van der Waals surface area contributed by atoms with E-state index in [1.807, 2.05) is 0 Å². The molecule has 1 heterocycles. The van der Waals surface area contributed by atoms with Gasteiger partial charge in [-0.15, -0.1) is 0 Å². The van der Waals surface area contributed by atoms with E-state index < -0.39 is 27.3 Å². The zero-order chi connectivity index (χ0) is 18.8. The van der Waals surface area contributed by atoms with Crippen molar-refractivity contribution in [3.63, 3.8) is 0 Å². The Morgan fingerprint density at radius 3 is 2.48 bits per heavy atom. The first-order valence-corrected chi connectivity index (χ1v) is 8.30. The number of aryl methyl sites for hydroxylation is 1. The largest absolute Gasteiger partial charge is 0.534 e. The van der Waals surface area contributed by atoms with Crippen LogP contribution in [0.3, 0.4) is 0 Å². The van der Waals surface area contributed by atoms with Gasteiger partial charge in [-0.3, -0.25) is 0 Å². The number of pyridine rings is 1. The first kappa shape index (κ1) is 18.7. The minimum atomic E-state index is -5.77. The molecule has 0 bridgehead atoms. The molecule has 25 heavy (non-hydrogen) atoms. The van der Waals surface area contributed by atoms with Crippen LogP contribution in [0.2, 0.25) is 0 Å². The highest BCUT2D eigenvalue weighted by Crippen LogP contribution is 2.31. The molecule has 10 heteroatoms. The summed E-state index contributed by atoms with van der Waals surface area (Å²) in [6, 6.07) is 8.06. The number of hydrogen-bond donors (Lipinski definition) is 1. The SMILES string of the molecule is CCc1cc(-c2cccc(C(=O)O)n2)ccc1OS(=O)(=O)C(F)(F)F. The molecular weight excluding hydrogens is 363 g/mol. The van der Waals surface area contributed by atoms with Gasteiger partial charge in [-0.25, -0.2) is 9.78 Å². The third-order valence-electron chi connectivity index (χ3n) is 3.19. The van der Waals surface area contributed by atoms with Gasteiger partial charge in [-0.1, -0.05) is 13.0 Å². The summed E-state index contributed by atoms with van der Waals surface area (Å²) in [5, 5.41) is 8.95. The standard InChI is InChI=1S/C15H12F3NO5S/c1-2-9-8-10(11-4-3-5-12(19-11)14(20)21)6-7-13(9)24-25(22,23)15(16,17)18/h3-8H,2H2,1H3,(H,20,21). The normalized spacial score (nSPS) is 12.0. The molecule has 6 nitrogen and oxygen atoms in total. The van der Waals surface area contributed by atoms with E-state index in [0.717, 1.165) is 6.07 Å². The molecule has 0 amide bonds. The number of alkyl halides is 3. The van der Waals surface area contributed by atoms with Gasteiger partial charge in [0, 0.05) is 5.56 Å². The van der Waals surface area contributed by atoms with Crippen LogP contribution in [0, 0.1) is 0 Å². The van der Waals surface area contributed by atoms with Gasteiger partial charge in [-0.2, -0.15) is 21.6 Å². The lowest BCUT2D eigenvalue weighted by Gasteiger charge is -2.13. The van der Waals surface area contributed by atoms with Crippen LogP contribution in [0.25, 0.3) is 11.3 Å². The smallest absolute Gasteiger partial charge is 0.477 e. The van der Waals surface area contributed by atoms with Gasteiger partial charge in [0.25, 0.3) is 0 Å². The summed E-state index contributed by atoms with van der Waals surface area (Å²) >= 11 is 0. The van der Waals surface area contributed by atoms with Gasteiger partial charge in [-0.05, 0) is 42.3 Å². The number of aromatic nitrogens is 1. The summed E-state index contributed by atoms with van der Waals surface area (Å²) in [7, 11) is -5.77. The number of aromatic carboxylic acids is 1. The molecule has 0 fully saturated rings. The van der Waals surface area contributed by atoms with E-state index in [0.29, 0.717) is 5.56 Å². The lowest BCUT2D eigenvalue weighted by Crippen LogP contribution is -2.28. The molecule has 0 spiro atoms. The molecule has 1 aromatic heterocycles. The number of carboxylic acid groups (broad SMARTS) is 1. The maximum atomic E-state index is 12.4. The minimum absolute atomic E-state index is 0.190. The lowest BCUT2D eigenvalue weighted by atomic mass is 10.0. The minimum Gasteiger partial charge on any atom is -0.477 e. The predicted molar refractivity (Wildman–Crippen MR) is 81.6 cm³/mol. The van der Waals surface area contributed by atoms with Gasteiger partial charge >= 0.3 is 21.6 Å². The Morgan fingerprint density at radius 2 is 1.92 bits per heavy atom. The Morgan fingerprint density at radius 1 is 1.24 bits per heavy atom. The first-order chi connectivity index (χ1) is 11.5. The van der Waals surface area contributed by atoms with Crippen molar-refractivity contribution in [2.45, 2.75) is 18.9 Å². The summed E-state index contributed by atoms with van der Waals surface area (Å²) in [5.41, 5.74) is -4.84. The fourth-order valence-corrected chi connectivity index (χ4v) is 2.47. The van der Waals surface area contributed by atoms with Crippen LogP contribution in [0.15, 0.2) is 36.4 Å². The van der Waals surface area contributed by atoms with Crippen molar-refractivity contribution in [1.82, 2.24) is 4.98 Å². The van der Waals surface area contributed by atoms with E-state index in [1.54, 1.807) is 6.92 Å². The van der Waals surface area contributed by atoms with E-state index >= 15 is 0 Å². The molecule has 2 aromatic rings. The monoisotopic (exact) mass is 375 g/mol. The number of hydrogen-bond acceptors (Lipinski definition) is 5. The molecule has 0 aliphatic rings. The van der Waals surface area contributed by atoms with Crippen molar-refractivity contribution < 1.29 is 35.7 Å². The fraction of sp³-hybridized carbons (Fsp3) is 0.200. The highest BCUT2D eigenvalue weighted by atomic mass is 32.2. The second-order valence-electron chi connectivity index (χ2n) is 4.87. The van der Waals surface area contributed by atoms with Gasteiger partial charge in [0.05, 0.1) is 5.69 Å². The van der Waals surface area contributed by atoms with Crippen molar-refractivity contribution in [2.75, 3.05) is 0 Å². The average Bonchev–Trinajstić information content (AvgIpc) is 2.54. The number of carboxylic acids is 1. The first-order valence-electron chi connectivity index (χ1n) is 6.89. The topological polar surface area (TPSA) is 93.6 Å². The second kappa shape index (κ2) is 6.71. The van der Waals surface area contributed by atoms with Gasteiger partial charge in [0.15, 0.2) is 0 Å². The zero-order valence-corrected chi connectivity index (χ0v) is 13.6. The van der Waals surface area contributed by atoms with E-state index in [4.69, 9.17) is 5.11 Å². The third-order valence-corrected chi connectivity index (χ3v) is 4.15. The molecule has 1 aromatic carbocycles. The van der Waals surface area contributed by atoms with E-state index in [9.17, 15) is 26.4 Å². The quantitative estimate of drug-likeness (QED) is 0.637. The molecule has 0 saturated carbocycles. The van der Waals surface area contributed by atoms with Crippen LogP contribution in [0.1, 0.15) is 23.0 Å². The van der Waals surface area contributed by atoms with Crippen molar-refractivity contribution >= 4 is 16.1 Å². The summed E-state index contributed by atoms with van der Waals surface area (Å²) < 4.78 is 63.8. The van der Waals surface area contributed by atoms with Crippen molar-refractivity contribution in [3.05, 3.63) is 47.7 Å². The molecule has 0 radical (unpaired) electrons. The van der Waals surface area contributed by atoms with E-state index in [-0.39, 0.29) is 23.4 Å². The van der Waals surface area contributed by atoms with Crippen molar-refractivity contribution in [1.29, 1.82) is 0 Å². The maximum Gasteiger partial charge on any atom is 0.534 e. The van der Waals surface area contributed by atoms with Crippen LogP contribution in [0.5, 0.6) is 5.75 Å². The van der Waals surface area contributed by atoms with Crippen molar-refractivity contribution in [3.8, 4) is 17.0 Å². The third kappa shape index (κ3) is 4.08. The molecule has 0 unspecified atom stereocenters. The van der Waals surface area contributed by atoms with Crippen molar-refractivity contribution in [2.24, 2.45) is 0 Å². The van der Waals surface area contributed by atoms with Crippen LogP contribution in [-0.2, 0) is 16.5 Å². The molecule has 0 aliphatic heterocycles. The summed E-state index contributed by atoms with van der Waals surface area (Å²) in [6.07, 6.45) is 0.190. The number of carbonyl (C=O) groups is 1. The van der Waals surface area contributed by atoms with Gasteiger partial charge in [0.2, 0.25) is 0 Å². The molecule has 0 atom stereocenters. The summed E-state index contributed by atoms with van der Waals surface area (Å²) in [4.78, 5) is 14.9. The average molecular weight is 375 g/mol. The molecular formula is C15H12F3NO5S. The van der Waals surface area contributed by atoms with Crippen LogP contribution >= 0.6 is 0 Å².